The van der Waals surface area contributed by atoms with Gasteiger partial charge in [0.15, 0.2) is 0 Å². The van der Waals surface area contributed by atoms with E-state index < -0.39 is 0 Å². The monoisotopic (exact) mass is 271 g/mol. The highest BCUT2D eigenvalue weighted by molar-refractivity contribution is 6.31. The molecule has 2 heterocycles. The first-order valence-electron chi connectivity index (χ1n) is 6.18. The van der Waals surface area contributed by atoms with Crippen molar-refractivity contribution in [3.05, 3.63) is 65.1 Å². The zero-order valence-corrected chi connectivity index (χ0v) is 11.1. The van der Waals surface area contributed by atoms with E-state index >= 15 is 0 Å². The number of nitrogens with zero attached hydrogens (tertiary/aromatic N) is 1. The van der Waals surface area contributed by atoms with Crippen LogP contribution in [0.1, 0.15) is 11.1 Å². The van der Waals surface area contributed by atoms with Crippen molar-refractivity contribution in [2.45, 2.75) is 13.1 Å². The Bertz CT molecular complexity index is 676. The molecule has 0 aliphatic heterocycles. The summed E-state index contributed by atoms with van der Waals surface area (Å²) in [7, 11) is 0. The van der Waals surface area contributed by atoms with Gasteiger partial charge in [0.1, 0.15) is 0 Å². The summed E-state index contributed by atoms with van der Waals surface area (Å²) in [6.45, 7) is 1.66. The van der Waals surface area contributed by atoms with Gasteiger partial charge in [0, 0.05) is 47.6 Å². The molecule has 0 saturated carbocycles. The number of aromatic nitrogens is 2. The molecule has 0 radical (unpaired) electrons. The third-order valence-corrected chi connectivity index (χ3v) is 3.36. The van der Waals surface area contributed by atoms with Crippen molar-refractivity contribution in [2.24, 2.45) is 0 Å². The summed E-state index contributed by atoms with van der Waals surface area (Å²) in [5.41, 5.74) is 3.56. The molecule has 1 aromatic carbocycles. The number of hydrogen-bond donors (Lipinski definition) is 2. The Labute approximate surface area is 116 Å². The Morgan fingerprint density at radius 3 is 2.79 bits per heavy atom. The first-order valence-corrected chi connectivity index (χ1v) is 6.56. The molecule has 19 heavy (non-hydrogen) atoms. The second-order valence-corrected chi connectivity index (χ2v) is 4.90. The van der Waals surface area contributed by atoms with E-state index in [4.69, 9.17) is 11.6 Å². The molecule has 3 rings (SSSR count). The minimum Gasteiger partial charge on any atom is -0.361 e. The quantitative estimate of drug-likeness (QED) is 0.762. The number of pyridine rings is 1. The molecule has 2 N–H and O–H groups in total. The molecule has 3 nitrogen and oxygen atoms in total. The summed E-state index contributed by atoms with van der Waals surface area (Å²) >= 11 is 5.97. The second kappa shape index (κ2) is 5.43. The SMILES string of the molecule is Clc1ccc2c(CNCc3ccncc3)c[nH]c2c1. The van der Waals surface area contributed by atoms with Crippen LogP contribution in [0.15, 0.2) is 48.9 Å². The predicted octanol–water partition coefficient (Wildman–Crippen LogP) is 3.51. The molecule has 4 heteroatoms. The molecule has 3 aromatic rings. The minimum absolute atomic E-state index is 0.755. The number of aromatic amines is 1. The van der Waals surface area contributed by atoms with Gasteiger partial charge in [-0.25, -0.2) is 0 Å². The number of benzene rings is 1. The molecule has 0 bridgehead atoms. The second-order valence-electron chi connectivity index (χ2n) is 4.46. The van der Waals surface area contributed by atoms with Crippen LogP contribution in [0.5, 0.6) is 0 Å². The van der Waals surface area contributed by atoms with Crippen LogP contribution in [0, 0.1) is 0 Å². The Morgan fingerprint density at radius 2 is 1.95 bits per heavy atom. The maximum Gasteiger partial charge on any atom is 0.0472 e. The summed E-state index contributed by atoms with van der Waals surface area (Å²) in [6, 6.07) is 9.95. The summed E-state index contributed by atoms with van der Waals surface area (Å²) in [5.74, 6) is 0. The van der Waals surface area contributed by atoms with E-state index in [0.717, 1.165) is 23.6 Å². The van der Waals surface area contributed by atoms with Crippen molar-refractivity contribution in [3.8, 4) is 0 Å². The zero-order chi connectivity index (χ0) is 13.1. The standard InChI is InChI=1S/C15H14ClN3/c16-13-1-2-14-12(10-19-15(14)7-13)9-18-8-11-3-5-17-6-4-11/h1-7,10,18-19H,8-9H2. The van der Waals surface area contributed by atoms with Gasteiger partial charge in [0.2, 0.25) is 0 Å². The molecular formula is C15H14ClN3. The van der Waals surface area contributed by atoms with Gasteiger partial charge >= 0.3 is 0 Å². The fraction of sp³-hybridized carbons (Fsp3) is 0.133. The molecule has 96 valence electrons. The van der Waals surface area contributed by atoms with Gasteiger partial charge in [0.05, 0.1) is 0 Å². The maximum absolute atomic E-state index is 5.97. The molecule has 0 aliphatic carbocycles. The van der Waals surface area contributed by atoms with E-state index in [-0.39, 0.29) is 0 Å². The van der Waals surface area contributed by atoms with Crippen molar-refractivity contribution in [1.82, 2.24) is 15.3 Å². The van der Waals surface area contributed by atoms with E-state index in [1.165, 1.54) is 16.5 Å². The molecular weight excluding hydrogens is 258 g/mol. The average molecular weight is 272 g/mol. The number of rotatable bonds is 4. The topological polar surface area (TPSA) is 40.7 Å². The lowest BCUT2D eigenvalue weighted by molar-refractivity contribution is 0.696. The van der Waals surface area contributed by atoms with Crippen LogP contribution in [0.25, 0.3) is 10.9 Å². The van der Waals surface area contributed by atoms with E-state index in [9.17, 15) is 0 Å². The van der Waals surface area contributed by atoms with Crippen LogP contribution < -0.4 is 5.32 Å². The molecule has 0 saturated heterocycles. The largest absolute Gasteiger partial charge is 0.361 e. The molecule has 0 unspecified atom stereocenters. The average Bonchev–Trinajstić information content (AvgIpc) is 2.82. The Hall–Kier alpha value is -1.84. The number of hydrogen-bond acceptors (Lipinski definition) is 2. The van der Waals surface area contributed by atoms with Crippen LogP contribution in [-0.2, 0) is 13.1 Å². The Balaban J connectivity index is 1.69. The van der Waals surface area contributed by atoms with Crippen molar-refractivity contribution < 1.29 is 0 Å². The van der Waals surface area contributed by atoms with Crippen LogP contribution in [0.3, 0.4) is 0 Å². The minimum atomic E-state index is 0.755. The van der Waals surface area contributed by atoms with Crippen molar-refractivity contribution >= 4 is 22.5 Å². The first-order chi connectivity index (χ1) is 9.33. The summed E-state index contributed by atoms with van der Waals surface area (Å²) in [4.78, 5) is 7.25. The lowest BCUT2D eigenvalue weighted by Gasteiger charge is -2.04. The highest BCUT2D eigenvalue weighted by Crippen LogP contribution is 2.21. The van der Waals surface area contributed by atoms with Gasteiger partial charge in [-0.3, -0.25) is 4.98 Å². The van der Waals surface area contributed by atoms with E-state index in [1.807, 2.05) is 42.9 Å². The van der Waals surface area contributed by atoms with Gasteiger partial charge in [-0.2, -0.15) is 0 Å². The highest BCUT2D eigenvalue weighted by Gasteiger charge is 2.03. The highest BCUT2D eigenvalue weighted by atomic mass is 35.5. The summed E-state index contributed by atoms with van der Waals surface area (Å²) in [6.07, 6.45) is 5.65. The van der Waals surface area contributed by atoms with Gasteiger partial charge < -0.3 is 10.3 Å². The van der Waals surface area contributed by atoms with Gasteiger partial charge in [-0.1, -0.05) is 17.7 Å². The van der Waals surface area contributed by atoms with Crippen LogP contribution in [-0.4, -0.2) is 9.97 Å². The molecule has 0 atom stereocenters. The molecule has 0 fully saturated rings. The Morgan fingerprint density at radius 1 is 1.11 bits per heavy atom. The van der Waals surface area contributed by atoms with Gasteiger partial charge in [-0.15, -0.1) is 0 Å². The van der Waals surface area contributed by atoms with Crippen LogP contribution in [0.4, 0.5) is 0 Å². The molecule has 0 spiro atoms. The number of nitrogens with one attached hydrogen (secondary N) is 2. The normalized spacial score (nSPS) is 11.0. The third kappa shape index (κ3) is 2.78. The first kappa shape index (κ1) is 12.2. The van der Waals surface area contributed by atoms with Gasteiger partial charge in [-0.05, 0) is 35.4 Å². The fourth-order valence-corrected chi connectivity index (χ4v) is 2.32. The van der Waals surface area contributed by atoms with Crippen LogP contribution >= 0.6 is 11.6 Å². The van der Waals surface area contributed by atoms with E-state index in [0.29, 0.717) is 0 Å². The number of fused-ring (bicyclic) bond motifs is 1. The molecule has 2 aromatic heterocycles. The van der Waals surface area contributed by atoms with Crippen LogP contribution in [0.2, 0.25) is 5.02 Å². The van der Waals surface area contributed by atoms with Crippen molar-refractivity contribution in [2.75, 3.05) is 0 Å². The lowest BCUT2D eigenvalue weighted by Crippen LogP contribution is -2.12. The fourth-order valence-electron chi connectivity index (χ4n) is 2.15. The summed E-state index contributed by atoms with van der Waals surface area (Å²) in [5, 5.41) is 5.40. The zero-order valence-electron chi connectivity index (χ0n) is 10.4. The third-order valence-electron chi connectivity index (χ3n) is 3.12. The van der Waals surface area contributed by atoms with Gasteiger partial charge in [0.25, 0.3) is 0 Å². The molecule has 0 amide bonds. The predicted molar refractivity (Wildman–Crippen MR) is 78.1 cm³/mol. The number of H-pyrrole nitrogens is 1. The lowest BCUT2D eigenvalue weighted by atomic mass is 10.1. The number of halogens is 1. The molecule has 0 aliphatic rings. The van der Waals surface area contributed by atoms with E-state index in [2.05, 4.69) is 21.4 Å². The maximum atomic E-state index is 5.97. The smallest absolute Gasteiger partial charge is 0.0472 e. The summed E-state index contributed by atoms with van der Waals surface area (Å²) < 4.78 is 0. The van der Waals surface area contributed by atoms with E-state index in [1.54, 1.807) is 0 Å². The Kier molecular flexibility index (Phi) is 3.49. The van der Waals surface area contributed by atoms with Crippen molar-refractivity contribution in [3.63, 3.8) is 0 Å². The van der Waals surface area contributed by atoms with Crippen molar-refractivity contribution in [1.29, 1.82) is 0 Å².